The quantitative estimate of drug-likeness (QED) is 0.179. The summed E-state index contributed by atoms with van der Waals surface area (Å²) in [5.74, 6) is 0.698. The summed E-state index contributed by atoms with van der Waals surface area (Å²) in [5.41, 5.74) is 13.3. The van der Waals surface area contributed by atoms with Crippen molar-refractivity contribution in [2.24, 2.45) is 0 Å². The van der Waals surface area contributed by atoms with Crippen molar-refractivity contribution in [3.05, 3.63) is 188 Å². The third-order valence-corrected chi connectivity index (χ3v) is 11.7. The van der Waals surface area contributed by atoms with Gasteiger partial charge in [-0.05, 0) is 88.3 Å². The number of aromatic nitrogens is 3. The van der Waals surface area contributed by atoms with Gasteiger partial charge in [0.1, 0.15) is 0 Å². The van der Waals surface area contributed by atoms with Crippen molar-refractivity contribution in [2.75, 3.05) is 0 Å². The molecule has 4 heteroatoms. The van der Waals surface area contributed by atoms with Crippen LogP contribution in [-0.4, -0.2) is 14.5 Å². The van der Waals surface area contributed by atoms with Crippen LogP contribution in [0.3, 0.4) is 0 Å². The van der Waals surface area contributed by atoms with Crippen LogP contribution in [0.2, 0.25) is 0 Å². The SMILES string of the molecule is c1ccc(-c2cc(-c3ccccc3)nc(-c3cccc(-n4c5ccccc5c5cc(-c6cc7c8c(cccc8c6)Sc6ccccc6-7)ccc54)c3)n2)cc1. The largest absolute Gasteiger partial charge is 0.309 e. The second-order valence-corrected chi connectivity index (χ2v) is 14.9. The lowest BCUT2D eigenvalue weighted by atomic mass is 9.92. The number of hydrogen-bond acceptors (Lipinski definition) is 3. The zero-order valence-corrected chi connectivity index (χ0v) is 30.0. The predicted octanol–water partition coefficient (Wildman–Crippen LogP) is 13.5. The van der Waals surface area contributed by atoms with Gasteiger partial charge in [0.15, 0.2) is 5.82 Å². The minimum Gasteiger partial charge on any atom is -0.309 e. The molecule has 54 heavy (non-hydrogen) atoms. The van der Waals surface area contributed by atoms with Gasteiger partial charge in [0.05, 0.1) is 22.4 Å². The smallest absolute Gasteiger partial charge is 0.160 e. The van der Waals surface area contributed by atoms with Crippen molar-refractivity contribution < 1.29 is 0 Å². The molecular formula is C50H31N3S. The van der Waals surface area contributed by atoms with Crippen LogP contribution in [0.15, 0.2) is 198 Å². The van der Waals surface area contributed by atoms with Gasteiger partial charge in [-0.2, -0.15) is 0 Å². The maximum atomic E-state index is 5.13. The van der Waals surface area contributed by atoms with Gasteiger partial charge in [0, 0.05) is 48.3 Å². The van der Waals surface area contributed by atoms with Crippen molar-refractivity contribution in [2.45, 2.75) is 9.79 Å². The fourth-order valence-corrected chi connectivity index (χ4v) is 9.21. The minimum absolute atomic E-state index is 0.698. The predicted molar refractivity (Wildman–Crippen MR) is 225 cm³/mol. The van der Waals surface area contributed by atoms with Crippen molar-refractivity contribution in [3.63, 3.8) is 0 Å². The number of fused-ring (bicyclic) bond motifs is 5. The van der Waals surface area contributed by atoms with Crippen molar-refractivity contribution in [3.8, 4) is 61.8 Å². The van der Waals surface area contributed by atoms with Crippen LogP contribution in [0.4, 0.5) is 0 Å². The Bertz CT molecular complexity index is 3020. The van der Waals surface area contributed by atoms with Gasteiger partial charge in [0.25, 0.3) is 0 Å². The first kappa shape index (κ1) is 30.8. The summed E-state index contributed by atoms with van der Waals surface area (Å²) in [6.07, 6.45) is 0. The molecule has 0 aliphatic carbocycles. The van der Waals surface area contributed by atoms with E-state index in [1.165, 1.54) is 53.6 Å². The van der Waals surface area contributed by atoms with Crippen LogP contribution in [0.5, 0.6) is 0 Å². The average molecular weight is 706 g/mol. The molecule has 0 saturated heterocycles. The summed E-state index contributed by atoms with van der Waals surface area (Å²) < 4.78 is 2.38. The van der Waals surface area contributed by atoms with Crippen LogP contribution in [0.25, 0.3) is 94.4 Å². The topological polar surface area (TPSA) is 30.7 Å². The van der Waals surface area contributed by atoms with E-state index in [4.69, 9.17) is 9.97 Å². The Morgan fingerprint density at radius 3 is 1.87 bits per heavy atom. The fraction of sp³-hybridized carbons (Fsp3) is 0. The van der Waals surface area contributed by atoms with Gasteiger partial charge < -0.3 is 4.57 Å². The Balaban J connectivity index is 1.07. The van der Waals surface area contributed by atoms with E-state index < -0.39 is 0 Å². The number of benzene rings is 8. The summed E-state index contributed by atoms with van der Waals surface area (Å²) >= 11 is 1.87. The van der Waals surface area contributed by atoms with Crippen LogP contribution in [-0.2, 0) is 0 Å². The molecule has 10 aromatic rings. The highest BCUT2D eigenvalue weighted by Gasteiger charge is 2.21. The molecule has 0 radical (unpaired) electrons. The number of para-hydroxylation sites is 1. The van der Waals surface area contributed by atoms with E-state index in [-0.39, 0.29) is 0 Å². The molecule has 3 heterocycles. The van der Waals surface area contributed by atoms with E-state index in [1.54, 1.807) is 0 Å². The van der Waals surface area contributed by atoms with E-state index in [1.807, 2.05) is 23.9 Å². The standard InChI is InChI=1S/C50H31N3S/c1-3-13-32(14-4-1)43-31-44(33-15-5-2-6-16-33)52-50(51-43)36-18-11-19-38(28-36)53-45-22-9-7-20-39(45)41-29-34(25-26-46(41)53)37-27-35-17-12-24-48-49(35)42(30-37)40-21-8-10-23-47(40)54-48/h1-31H. The third kappa shape index (κ3) is 5.07. The maximum Gasteiger partial charge on any atom is 0.160 e. The van der Waals surface area contributed by atoms with Crippen molar-refractivity contribution in [1.29, 1.82) is 0 Å². The molecule has 8 aromatic carbocycles. The number of hydrogen-bond donors (Lipinski definition) is 0. The highest BCUT2D eigenvalue weighted by Crippen LogP contribution is 2.49. The van der Waals surface area contributed by atoms with Gasteiger partial charge in [-0.15, -0.1) is 0 Å². The van der Waals surface area contributed by atoms with E-state index in [2.05, 4.69) is 180 Å². The summed E-state index contributed by atoms with van der Waals surface area (Å²) in [4.78, 5) is 12.9. The first-order valence-corrected chi connectivity index (χ1v) is 19.1. The molecule has 0 amide bonds. The Hall–Kier alpha value is -6.75. The molecule has 11 rings (SSSR count). The monoisotopic (exact) mass is 705 g/mol. The first-order valence-electron chi connectivity index (χ1n) is 18.2. The molecule has 0 spiro atoms. The highest BCUT2D eigenvalue weighted by atomic mass is 32.2. The van der Waals surface area contributed by atoms with E-state index >= 15 is 0 Å². The molecular weight excluding hydrogens is 675 g/mol. The normalized spacial score (nSPS) is 12.0. The highest BCUT2D eigenvalue weighted by molar-refractivity contribution is 7.99. The van der Waals surface area contributed by atoms with Crippen LogP contribution in [0, 0.1) is 0 Å². The van der Waals surface area contributed by atoms with Crippen LogP contribution in [0.1, 0.15) is 0 Å². The molecule has 3 nitrogen and oxygen atoms in total. The summed E-state index contributed by atoms with van der Waals surface area (Å²) in [6, 6.07) is 67.3. The lowest BCUT2D eigenvalue weighted by Crippen LogP contribution is -1.98. The summed E-state index contributed by atoms with van der Waals surface area (Å²) in [5, 5.41) is 5.06. The molecule has 2 aromatic heterocycles. The average Bonchev–Trinajstić information content (AvgIpc) is 3.58. The second-order valence-electron chi connectivity index (χ2n) is 13.8. The summed E-state index contributed by atoms with van der Waals surface area (Å²) in [6.45, 7) is 0. The van der Waals surface area contributed by atoms with Crippen molar-refractivity contribution in [1.82, 2.24) is 14.5 Å². The minimum atomic E-state index is 0.698. The Morgan fingerprint density at radius 2 is 1.06 bits per heavy atom. The van der Waals surface area contributed by atoms with Gasteiger partial charge in [0.2, 0.25) is 0 Å². The van der Waals surface area contributed by atoms with Gasteiger partial charge in [-0.25, -0.2) is 9.97 Å². The van der Waals surface area contributed by atoms with Crippen molar-refractivity contribution >= 4 is 44.3 Å². The van der Waals surface area contributed by atoms with E-state index in [0.717, 1.165) is 44.8 Å². The van der Waals surface area contributed by atoms with E-state index in [0.29, 0.717) is 5.82 Å². The van der Waals surface area contributed by atoms with E-state index in [9.17, 15) is 0 Å². The molecule has 1 aliphatic heterocycles. The number of nitrogens with zero attached hydrogens (tertiary/aromatic N) is 3. The lowest BCUT2D eigenvalue weighted by molar-refractivity contribution is 1.16. The first-order chi connectivity index (χ1) is 26.7. The fourth-order valence-electron chi connectivity index (χ4n) is 8.06. The third-order valence-electron chi connectivity index (χ3n) is 10.6. The van der Waals surface area contributed by atoms with Gasteiger partial charge >= 0.3 is 0 Å². The number of rotatable bonds is 5. The second kappa shape index (κ2) is 12.4. The molecule has 0 bridgehead atoms. The van der Waals surface area contributed by atoms with Crippen LogP contribution >= 0.6 is 11.8 Å². The van der Waals surface area contributed by atoms with Crippen LogP contribution < -0.4 is 0 Å². The van der Waals surface area contributed by atoms with Gasteiger partial charge in [-0.1, -0.05) is 139 Å². The Morgan fingerprint density at radius 1 is 0.389 bits per heavy atom. The lowest BCUT2D eigenvalue weighted by Gasteiger charge is -2.21. The molecule has 1 aliphatic rings. The Labute approximate surface area is 317 Å². The zero-order chi connectivity index (χ0) is 35.6. The molecule has 252 valence electrons. The summed E-state index contributed by atoms with van der Waals surface area (Å²) in [7, 11) is 0. The zero-order valence-electron chi connectivity index (χ0n) is 29.1. The molecule has 0 saturated carbocycles. The maximum absolute atomic E-state index is 5.13. The molecule has 0 N–H and O–H groups in total. The van der Waals surface area contributed by atoms with Gasteiger partial charge in [-0.3, -0.25) is 0 Å². The molecule has 0 atom stereocenters. The molecule has 0 unspecified atom stereocenters. The molecule has 0 fully saturated rings. The Kier molecular flexibility index (Phi) is 7.10.